The second-order valence-corrected chi connectivity index (χ2v) is 6.45. The fourth-order valence-corrected chi connectivity index (χ4v) is 3.58. The van der Waals surface area contributed by atoms with Crippen molar-refractivity contribution < 1.29 is 17.2 Å². The molecule has 2 atom stereocenters. The van der Waals surface area contributed by atoms with E-state index in [0.29, 0.717) is 25.5 Å². The van der Waals surface area contributed by atoms with E-state index in [0.717, 1.165) is 12.1 Å². The lowest BCUT2D eigenvalue weighted by atomic mass is 10.0. The third-order valence-corrected chi connectivity index (χ3v) is 4.66. The highest BCUT2D eigenvalue weighted by Crippen LogP contribution is 2.18. The standard InChI is InChI=1S/C12H16F2N2O2S.ClH/c1-8-6-10(4-5-15-8)16-19(17,18)12-7-9(13)2-3-11(12)14;/h2-3,7-8,10,15-16H,4-6H2,1H3;1H. The molecule has 8 heteroatoms. The number of nitrogens with one attached hydrogen (secondary N) is 2. The normalized spacial score (nSPS) is 23.1. The summed E-state index contributed by atoms with van der Waals surface area (Å²) in [6.07, 6.45) is 1.25. The minimum atomic E-state index is -4.03. The van der Waals surface area contributed by atoms with Gasteiger partial charge in [-0.3, -0.25) is 0 Å². The average molecular weight is 327 g/mol. The predicted molar refractivity (Wildman–Crippen MR) is 74.4 cm³/mol. The molecule has 1 saturated heterocycles. The Labute approximate surface area is 123 Å². The van der Waals surface area contributed by atoms with Crippen LogP contribution >= 0.6 is 12.4 Å². The van der Waals surface area contributed by atoms with Crippen LogP contribution in [0.1, 0.15) is 19.8 Å². The summed E-state index contributed by atoms with van der Waals surface area (Å²) in [6.45, 7) is 2.64. The number of halogens is 3. The Morgan fingerprint density at radius 1 is 1.35 bits per heavy atom. The Kier molecular flexibility index (Phi) is 5.88. The molecule has 1 aliphatic heterocycles. The molecule has 0 amide bonds. The van der Waals surface area contributed by atoms with Crippen LogP contribution in [-0.2, 0) is 10.0 Å². The third kappa shape index (κ3) is 4.12. The van der Waals surface area contributed by atoms with Crippen molar-refractivity contribution in [2.24, 2.45) is 0 Å². The van der Waals surface area contributed by atoms with E-state index >= 15 is 0 Å². The number of piperidine rings is 1. The molecule has 20 heavy (non-hydrogen) atoms. The van der Waals surface area contributed by atoms with Crippen molar-refractivity contribution in [2.45, 2.75) is 36.7 Å². The molecule has 1 aromatic carbocycles. The van der Waals surface area contributed by atoms with E-state index in [1.165, 1.54) is 0 Å². The van der Waals surface area contributed by atoms with Crippen LogP contribution in [0.3, 0.4) is 0 Å². The van der Waals surface area contributed by atoms with Gasteiger partial charge in [0.25, 0.3) is 0 Å². The first-order chi connectivity index (χ1) is 8.88. The molecule has 2 unspecified atom stereocenters. The lowest BCUT2D eigenvalue weighted by Gasteiger charge is -2.28. The summed E-state index contributed by atoms with van der Waals surface area (Å²) in [5, 5.41) is 3.19. The van der Waals surface area contributed by atoms with Gasteiger partial charge in [0.1, 0.15) is 16.5 Å². The minimum absolute atomic E-state index is 0. The van der Waals surface area contributed by atoms with Crippen LogP contribution < -0.4 is 10.0 Å². The summed E-state index contributed by atoms with van der Waals surface area (Å²) in [5.74, 6) is -1.73. The first-order valence-electron chi connectivity index (χ1n) is 6.09. The van der Waals surface area contributed by atoms with Crippen molar-refractivity contribution in [1.29, 1.82) is 0 Å². The summed E-state index contributed by atoms with van der Waals surface area (Å²) in [6, 6.07) is 2.33. The van der Waals surface area contributed by atoms with Crippen LogP contribution in [0.5, 0.6) is 0 Å². The average Bonchev–Trinajstić information content (AvgIpc) is 2.31. The Morgan fingerprint density at radius 3 is 2.70 bits per heavy atom. The molecule has 0 spiro atoms. The molecule has 2 N–H and O–H groups in total. The zero-order valence-corrected chi connectivity index (χ0v) is 12.5. The van der Waals surface area contributed by atoms with E-state index in [1.807, 2.05) is 6.92 Å². The highest BCUT2D eigenvalue weighted by atomic mass is 35.5. The number of hydrogen-bond acceptors (Lipinski definition) is 3. The highest BCUT2D eigenvalue weighted by molar-refractivity contribution is 7.89. The first kappa shape index (κ1) is 17.3. The Hall–Kier alpha value is -0.760. The van der Waals surface area contributed by atoms with Crippen molar-refractivity contribution in [2.75, 3.05) is 6.54 Å². The maximum absolute atomic E-state index is 13.5. The molecule has 1 heterocycles. The van der Waals surface area contributed by atoms with Gasteiger partial charge in [-0.1, -0.05) is 0 Å². The molecular weight excluding hydrogens is 310 g/mol. The monoisotopic (exact) mass is 326 g/mol. The summed E-state index contributed by atoms with van der Waals surface area (Å²) >= 11 is 0. The van der Waals surface area contributed by atoms with E-state index < -0.39 is 26.6 Å². The lowest BCUT2D eigenvalue weighted by molar-refractivity contribution is 0.361. The van der Waals surface area contributed by atoms with E-state index in [-0.39, 0.29) is 24.5 Å². The van der Waals surface area contributed by atoms with Gasteiger partial charge >= 0.3 is 0 Å². The Bertz CT molecular complexity index is 569. The summed E-state index contributed by atoms with van der Waals surface area (Å²) in [4.78, 5) is -0.640. The minimum Gasteiger partial charge on any atom is -0.314 e. The van der Waals surface area contributed by atoms with Gasteiger partial charge in [0.15, 0.2) is 0 Å². The number of rotatable bonds is 3. The summed E-state index contributed by atoms with van der Waals surface area (Å²) in [5.41, 5.74) is 0. The highest BCUT2D eigenvalue weighted by Gasteiger charge is 2.26. The van der Waals surface area contributed by atoms with Crippen LogP contribution in [0.25, 0.3) is 0 Å². The molecule has 1 aliphatic rings. The number of hydrogen-bond donors (Lipinski definition) is 2. The molecule has 0 aromatic heterocycles. The quantitative estimate of drug-likeness (QED) is 0.890. The van der Waals surface area contributed by atoms with Gasteiger partial charge in [-0.2, -0.15) is 0 Å². The molecule has 0 aliphatic carbocycles. The molecule has 0 bridgehead atoms. The summed E-state index contributed by atoms with van der Waals surface area (Å²) in [7, 11) is -4.03. The fourth-order valence-electron chi connectivity index (χ4n) is 2.20. The topological polar surface area (TPSA) is 58.2 Å². The second-order valence-electron chi connectivity index (χ2n) is 4.77. The zero-order chi connectivity index (χ0) is 14.0. The Morgan fingerprint density at radius 2 is 2.05 bits per heavy atom. The van der Waals surface area contributed by atoms with Gasteiger partial charge in [0.05, 0.1) is 0 Å². The van der Waals surface area contributed by atoms with E-state index in [1.54, 1.807) is 0 Å². The molecule has 114 valence electrons. The zero-order valence-electron chi connectivity index (χ0n) is 10.9. The smallest absolute Gasteiger partial charge is 0.243 e. The van der Waals surface area contributed by atoms with Gasteiger partial charge in [-0.15, -0.1) is 12.4 Å². The van der Waals surface area contributed by atoms with Crippen molar-refractivity contribution >= 4 is 22.4 Å². The van der Waals surface area contributed by atoms with Crippen LogP contribution in [0.4, 0.5) is 8.78 Å². The predicted octanol–water partition coefficient (Wildman–Crippen LogP) is 1.81. The summed E-state index contributed by atoms with van der Waals surface area (Å²) < 4.78 is 53.1. The fraction of sp³-hybridized carbons (Fsp3) is 0.500. The molecule has 2 rings (SSSR count). The van der Waals surface area contributed by atoms with Gasteiger partial charge in [0, 0.05) is 12.1 Å². The second kappa shape index (κ2) is 6.80. The number of sulfonamides is 1. The van der Waals surface area contributed by atoms with Crippen LogP contribution in [0, 0.1) is 11.6 Å². The lowest BCUT2D eigenvalue weighted by Crippen LogP contribution is -2.46. The largest absolute Gasteiger partial charge is 0.314 e. The van der Waals surface area contributed by atoms with Gasteiger partial charge in [-0.05, 0) is 44.5 Å². The third-order valence-electron chi connectivity index (χ3n) is 3.13. The SMILES string of the molecule is CC1CC(NS(=O)(=O)c2cc(F)ccc2F)CCN1.Cl. The van der Waals surface area contributed by atoms with Gasteiger partial charge < -0.3 is 5.32 Å². The van der Waals surface area contributed by atoms with E-state index in [2.05, 4.69) is 10.0 Å². The molecule has 4 nitrogen and oxygen atoms in total. The van der Waals surface area contributed by atoms with Gasteiger partial charge in [0.2, 0.25) is 10.0 Å². The molecule has 0 saturated carbocycles. The van der Waals surface area contributed by atoms with Gasteiger partial charge in [-0.25, -0.2) is 21.9 Å². The van der Waals surface area contributed by atoms with Crippen molar-refractivity contribution in [3.8, 4) is 0 Å². The van der Waals surface area contributed by atoms with E-state index in [4.69, 9.17) is 0 Å². The molecular formula is C12H17ClF2N2O2S. The maximum atomic E-state index is 13.5. The van der Waals surface area contributed by atoms with Crippen LogP contribution in [0.15, 0.2) is 23.1 Å². The van der Waals surface area contributed by atoms with E-state index in [9.17, 15) is 17.2 Å². The van der Waals surface area contributed by atoms with Crippen molar-refractivity contribution in [1.82, 2.24) is 10.0 Å². The van der Waals surface area contributed by atoms with Crippen LogP contribution in [-0.4, -0.2) is 27.0 Å². The van der Waals surface area contributed by atoms with Crippen molar-refractivity contribution in [3.63, 3.8) is 0 Å². The molecule has 1 aromatic rings. The molecule has 0 radical (unpaired) electrons. The number of benzene rings is 1. The maximum Gasteiger partial charge on any atom is 0.243 e. The first-order valence-corrected chi connectivity index (χ1v) is 7.57. The van der Waals surface area contributed by atoms with Crippen LogP contribution in [0.2, 0.25) is 0 Å². The molecule has 1 fully saturated rings. The Balaban J connectivity index is 0.00000200. The van der Waals surface area contributed by atoms with Crippen molar-refractivity contribution in [3.05, 3.63) is 29.8 Å².